The quantitative estimate of drug-likeness (QED) is 0.241. The Bertz CT molecular complexity index is 735. The van der Waals surface area contributed by atoms with Crippen LogP contribution >= 0.6 is 0 Å². The lowest BCUT2D eigenvalue weighted by molar-refractivity contribution is -0.142. The van der Waals surface area contributed by atoms with Gasteiger partial charge in [0.2, 0.25) is 0 Å². The molecule has 10 nitrogen and oxygen atoms in total. The Balaban J connectivity index is 2.59. The molecule has 0 bridgehead atoms. The van der Waals surface area contributed by atoms with E-state index in [0.717, 1.165) is 24.3 Å². The first-order chi connectivity index (χ1) is 13.6. The number of hydrogen-bond donors (Lipinski definition) is 10. The molecule has 0 aromatic heterocycles. The molecule has 5 atom stereocenters. The molecule has 0 radical (unpaired) electrons. The molecule has 2 aromatic rings. The third kappa shape index (κ3) is 4.53. The zero-order chi connectivity index (χ0) is 21.9. The van der Waals surface area contributed by atoms with Gasteiger partial charge in [-0.05, 0) is 24.3 Å². The van der Waals surface area contributed by atoms with Crippen molar-refractivity contribution in [1.82, 2.24) is 0 Å². The van der Waals surface area contributed by atoms with Gasteiger partial charge in [0.25, 0.3) is 0 Å². The minimum absolute atomic E-state index is 0.375. The van der Waals surface area contributed by atoms with Crippen LogP contribution in [0.2, 0.25) is 0 Å². The maximum Gasteiger partial charge on any atom is 0.123 e. The molecule has 10 heteroatoms. The van der Waals surface area contributed by atoms with Crippen molar-refractivity contribution < 1.29 is 51.1 Å². The lowest BCUT2D eigenvalue weighted by atomic mass is 9.80. The van der Waals surface area contributed by atoms with Crippen LogP contribution in [0.25, 0.3) is 0 Å². The van der Waals surface area contributed by atoms with Gasteiger partial charge in [0.1, 0.15) is 47.4 Å². The first kappa shape index (κ1) is 22.7. The van der Waals surface area contributed by atoms with Crippen LogP contribution in [0.1, 0.15) is 17.0 Å². The summed E-state index contributed by atoms with van der Waals surface area (Å²) in [5.74, 6) is -3.85. The standard InChI is InChI=1S/C19H24O10/c20-7-12(25)16(26)18(28)19(29)17(27)15(13-8(21)3-1-4-9(13)22)14-10(23)5-2-6-11(14)24/h1-6,12,15-29H,7H2. The molecule has 160 valence electrons. The normalized spacial score (nSPS) is 16.9. The fraction of sp³-hybridized carbons (Fsp3) is 0.368. The van der Waals surface area contributed by atoms with Gasteiger partial charge in [0.15, 0.2) is 0 Å². The summed E-state index contributed by atoms with van der Waals surface area (Å²) >= 11 is 0. The zero-order valence-corrected chi connectivity index (χ0v) is 15.1. The van der Waals surface area contributed by atoms with Crippen molar-refractivity contribution in [2.24, 2.45) is 0 Å². The summed E-state index contributed by atoms with van der Waals surface area (Å²) in [4.78, 5) is 0. The van der Waals surface area contributed by atoms with Gasteiger partial charge in [0, 0.05) is 11.1 Å². The van der Waals surface area contributed by atoms with E-state index < -0.39 is 66.0 Å². The molecule has 0 amide bonds. The lowest BCUT2D eigenvalue weighted by Crippen LogP contribution is -2.51. The third-order valence-electron chi connectivity index (χ3n) is 4.71. The second-order valence-corrected chi connectivity index (χ2v) is 6.61. The predicted octanol–water partition coefficient (Wildman–Crippen LogP) is -1.56. The molecule has 0 saturated carbocycles. The Morgan fingerprint density at radius 1 is 0.552 bits per heavy atom. The summed E-state index contributed by atoms with van der Waals surface area (Å²) in [7, 11) is 0. The monoisotopic (exact) mass is 412 g/mol. The average Bonchev–Trinajstić information content (AvgIpc) is 2.69. The zero-order valence-electron chi connectivity index (χ0n) is 15.1. The minimum Gasteiger partial charge on any atom is -0.508 e. The smallest absolute Gasteiger partial charge is 0.123 e. The molecule has 0 spiro atoms. The maximum absolute atomic E-state index is 10.7. The number of phenols is 4. The number of rotatable bonds is 8. The van der Waals surface area contributed by atoms with Crippen molar-refractivity contribution in [2.75, 3.05) is 6.61 Å². The highest BCUT2D eigenvalue weighted by Gasteiger charge is 2.41. The highest BCUT2D eigenvalue weighted by Crippen LogP contribution is 2.46. The molecular weight excluding hydrogens is 388 g/mol. The van der Waals surface area contributed by atoms with Crippen molar-refractivity contribution in [3.05, 3.63) is 47.5 Å². The minimum atomic E-state index is -2.20. The topological polar surface area (TPSA) is 202 Å². The van der Waals surface area contributed by atoms with Crippen LogP contribution in [-0.4, -0.2) is 88.2 Å². The van der Waals surface area contributed by atoms with Gasteiger partial charge in [-0.2, -0.15) is 0 Å². The average molecular weight is 412 g/mol. The van der Waals surface area contributed by atoms with E-state index in [1.165, 1.54) is 12.1 Å². The molecule has 0 heterocycles. The van der Waals surface area contributed by atoms with Crippen LogP contribution in [0.3, 0.4) is 0 Å². The van der Waals surface area contributed by atoms with Gasteiger partial charge in [-0.3, -0.25) is 0 Å². The second kappa shape index (κ2) is 9.27. The fourth-order valence-corrected chi connectivity index (χ4v) is 3.14. The fourth-order valence-electron chi connectivity index (χ4n) is 3.14. The summed E-state index contributed by atoms with van der Waals surface area (Å²) in [6.45, 7) is -0.939. The summed E-state index contributed by atoms with van der Waals surface area (Å²) in [5, 5.41) is 100. The Morgan fingerprint density at radius 3 is 1.24 bits per heavy atom. The molecule has 0 aliphatic heterocycles. The lowest BCUT2D eigenvalue weighted by Gasteiger charge is -2.33. The van der Waals surface area contributed by atoms with E-state index in [-0.39, 0.29) is 11.1 Å². The number of benzene rings is 2. The highest BCUT2D eigenvalue weighted by molar-refractivity contribution is 5.56. The second-order valence-electron chi connectivity index (χ2n) is 6.61. The summed E-state index contributed by atoms with van der Waals surface area (Å²) in [5.41, 5.74) is -0.750. The molecule has 0 saturated heterocycles. The molecule has 0 aliphatic carbocycles. The summed E-state index contributed by atoms with van der Waals surface area (Å²) < 4.78 is 0. The van der Waals surface area contributed by atoms with E-state index in [9.17, 15) is 46.0 Å². The van der Waals surface area contributed by atoms with Gasteiger partial charge in [0.05, 0.1) is 18.6 Å². The molecule has 0 aliphatic rings. The first-order valence-electron chi connectivity index (χ1n) is 8.64. The predicted molar refractivity (Wildman–Crippen MR) is 98.5 cm³/mol. The van der Waals surface area contributed by atoms with Crippen molar-refractivity contribution >= 4 is 0 Å². The van der Waals surface area contributed by atoms with Crippen LogP contribution in [0.5, 0.6) is 23.0 Å². The Kier molecular flexibility index (Phi) is 7.25. The van der Waals surface area contributed by atoms with E-state index in [2.05, 4.69) is 0 Å². The Labute approximate surface area is 165 Å². The van der Waals surface area contributed by atoms with Crippen LogP contribution < -0.4 is 0 Å². The van der Waals surface area contributed by atoms with Crippen molar-refractivity contribution in [1.29, 1.82) is 0 Å². The molecular formula is C19H24O10. The van der Waals surface area contributed by atoms with Gasteiger partial charge in [-0.1, -0.05) is 12.1 Å². The van der Waals surface area contributed by atoms with Crippen LogP contribution in [0.4, 0.5) is 0 Å². The van der Waals surface area contributed by atoms with Gasteiger partial charge < -0.3 is 51.1 Å². The molecule has 29 heavy (non-hydrogen) atoms. The highest BCUT2D eigenvalue weighted by atomic mass is 16.4. The number of hydrogen-bond acceptors (Lipinski definition) is 10. The van der Waals surface area contributed by atoms with Crippen molar-refractivity contribution in [3.8, 4) is 23.0 Å². The number of aliphatic hydroxyl groups is 6. The molecule has 5 unspecified atom stereocenters. The van der Waals surface area contributed by atoms with Crippen LogP contribution in [0.15, 0.2) is 36.4 Å². The number of aliphatic hydroxyl groups excluding tert-OH is 6. The Morgan fingerprint density at radius 2 is 0.897 bits per heavy atom. The Hall–Kier alpha value is -2.60. The van der Waals surface area contributed by atoms with E-state index in [1.54, 1.807) is 0 Å². The first-order valence-corrected chi connectivity index (χ1v) is 8.64. The van der Waals surface area contributed by atoms with Crippen molar-refractivity contribution in [2.45, 2.75) is 36.4 Å². The molecule has 10 N–H and O–H groups in total. The van der Waals surface area contributed by atoms with Gasteiger partial charge in [-0.15, -0.1) is 0 Å². The van der Waals surface area contributed by atoms with E-state index in [1.807, 2.05) is 0 Å². The summed E-state index contributed by atoms with van der Waals surface area (Å²) in [6, 6.07) is 7.18. The largest absolute Gasteiger partial charge is 0.508 e. The van der Waals surface area contributed by atoms with Crippen molar-refractivity contribution in [3.63, 3.8) is 0 Å². The maximum atomic E-state index is 10.7. The van der Waals surface area contributed by atoms with E-state index in [0.29, 0.717) is 0 Å². The molecule has 2 rings (SSSR count). The molecule has 0 fully saturated rings. The van der Waals surface area contributed by atoms with Gasteiger partial charge in [-0.25, -0.2) is 0 Å². The van der Waals surface area contributed by atoms with E-state index >= 15 is 0 Å². The number of phenolic OH excluding ortho intramolecular Hbond substituents is 4. The summed E-state index contributed by atoms with van der Waals surface area (Å²) in [6.07, 6.45) is -10.4. The van der Waals surface area contributed by atoms with Crippen LogP contribution in [-0.2, 0) is 0 Å². The van der Waals surface area contributed by atoms with E-state index in [4.69, 9.17) is 5.11 Å². The molecule has 2 aromatic carbocycles. The number of aromatic hydroxyl groups is 4. The third-order valence-corrected chi connectivity index (χ3v) is 4.71. The SMILES string of the molecule is OCC(O)C(O)C(O)C(O)C(O)C(c1c(O)cccc1O)c1c(O)cccc1O. The van der Waals surface area contributed by atoms with Gasteiger partial charge >= 0.3 is 0 Å². The van der Waals surface area contributed by atoms with Crippen LogP contribution in [0, 0.1) is 0 Å².